The number of primary amides is 1. The summed E-state index contributed by atoms with van der Waals surface area (Å²) in [6.07, 6.45) is 0.881. The highest BCUT2D eigenvalue weighted by Crippen LogP contribution is 2.13. The van der Waals surface area contributed by atoms with Crippen LogP contribution in [0, 0.1) is 5.82 Å². The van der Waals surface area contributed by atoms with E-state index < -0.39 is 11.7 Å². The number of nitrogens with two attached hydrogens (primary N) is 1. The molecule has 0 aliphatic carbocycles. The number of carbonyl (C=O) groups is 1. The SMILES string of the molecule is NC(=O)c1ncc(F)cc1Cl. The molecule has 1 heterocycles. The van der Waals surface area contributed by atoms with Crippen LogP contribution in [0.25, 0.3) is 0 Å². The molecule has 0 aliphatic rings. The maximum atomic E-state index is 12.3. The predicted octanol–water partition coefficient (Wildman–Crippen LogP) is 0.973. The number of nitrogens with zero attached hydrogens (tertiary/aromatic N) is 1. The van der Waals surface area contributed by atoms with E-state index in [0.29, 0.717) is 0 Å². The summed E-state index contributed by atoms with van der Waals surface area (Å²) in [7, 11) is 0. The number of pyridine rings is 1. The maximum absolute atomic E-state index is 12.3. The van der Waals surface area contributed by atoms with Crippen molar-refractivity contribution in [3.8, 4) is 0 Å². The zero-order chi connectivity index (χ0) is 8.43. The van der Waals surface area contributed by atoms with E-state index in [2.05, 4.69) is 4.98 Å². The third-order valence-electron chi connectivity index (χ3n) is 1.04. The van der Waals surface area contributed by atoms with E-state index >= 15 is 0 Å². The first kappa shape index (κ1) is 7.94. The Morgan fingerprint density at radius 1 is 1.73 bits per heavy atom. The van der Waals surface area contributed by atoms with E-state index in [1.165, 1.54) is 0 Å². The minimum Gasteiger partial charge on any atom is -0.364 e. The van der Waals surface area contributed by atoms with Crippen LogP contribution in [0.5, 0.6) is 0 Å². The lowest BCUT2D eigenvalue weighted by Crippen LogP contribution is -2.13. The van der Waals surface area contributed by atoms with Crippen molar-refractivity contribution in [1.82, 2.24) is 4.98 Å². The van der Waals surface area contributed by atoms with Gasteiger partial charge in [-0.2, -0.15) is 0 Å². The first-order valence-corrected chi connectivity index (χ1v) is 3.10. The monoisotopic (exact) mass is 174 g/mol. The Morgan fingerprint density at radius 3 is 2.82 bits per heavy atom. The number of rotatable bonds is 1. The molecule has 0 spiro atoms. The molecule has 0 aliphatic heterocycles. The molecular formula is C6H4ClFN2O. The minimum absolute atomic E-state index is 0.0718. The summed E-state index contributed by atoms with van der Waals surface area (Å²) in [6, 6.07) is 0.981. The molecule has 2 N–H and O–H groups in total. The van der Waals surface area contributed by atoms with Crippen molar-refractivity contribution in [1.29, 1.82) is 0 Å². The molecule has 0 bridgehead atoms. The lowest BCUT2D eigenvalue weighted by Gasteiger charge is -1.96. The van der Waals surface area contributed by atoms with Crippen LogP contribution in [-0.4, -0.2) is 10.9 Å². The van der Waals surface area contributed by atoms with Gasteiger partial charge in [-0.3, -0.25) is 4.79 Å². The summed E-state index contributed by atoms with van der Waals surface area (Å²) in [6.45, 7) is 0. The second-order valence-electron chi connectivity index (χ2n) is 1.85. The Labute approximate surface area is 67.0 Å². The zero-order valence-electron chi connectivity index (χ0n) is 5.34. The first-order chi connectivity index (χ1) is 5.11. The molecule has 58 valence electrons. The fourth-order valence-corrected chi connectivity index (χ4v) is 0.842. The van der Waals surface area contributed by atoms with Crippen molar-refractivity contribution < 1.29 is 9.18 Å². The quantitative estimate of drug-likeness (QED) is 0.690. The molecule has 0 saturated heterocycles. The lowest BCUT2D eigenvalue weighted by molar-refractivity contribution is 0.0995. The molecule has 0 fully saturated rings. The van der Waals surface area contributed by atoms with E-state index in [1.54, 1.807) is 0 Å². The van der Waals surface area contributed by atoms with Gasteiger partial charge >= 0.3 is 0 Å². The normalized spacial score (nSPS) is 9.64. The molecule has 0 saturated carbocycles. The fraction of sp³-hybridized carbons (Fsp3) is 0. The summed E-state index contributed by atoms with van der Waals surface area (Å²) in [5.74, 6) is -1.37. The van der Waals surface area contributed by atoms with Crippen LogP contribution in [-0.2, 0) is 0 Å². The second-order valence-corrected chi connectivity index (χ2v) is 2.26. The molecule has 1 aromatic rings. The number of aromatic nitrogens is 1. The van der Waals surface area contributed by atoms with Gasteiger partial charge in [0.15, 0.2) is 0 Å². The minimum atomic E-state index is -0.769. The molecular weight excluding hydrogens is 171 g/mol. The molecule has 0 unspecified atom stereocenters. The Morgan fingerprint density at radius 2 is 2.36 bits per heavy atom. The topological polar surface area (TPSA) is 56.0 Å². The molecule has 3 nitrogen and oxygen atoms in total. The first-order valence-electron chi connectivity index (χ1n) is 2.72. The average molecular weight is 175 g/mol. The van der Waals surface area contributed by atoms with Gasteiger partial charge in [0.25, 0.3) is 5.91 Å². The Balaban J connectivity index is 3.20. The van der Waals surface area contributed by atoms with Gasteiger partial charge in [0.05, 0.1) is 11.2 Å². The van der Waals surface area contributed by atoms with Crippen LogP contribution in [0.3, 0.4) is 0 Å². The molecule has 0 aromatic carbocycles. The Kier molecular flexibility index (Phi) is 2.05. The van der Waals surface area contributed by atoms with Gasteiger partial charge in [-0.15, -0.1) is 0 Å². The van der Waals surface area contributed by atoms with Crippen molar-refractivity contribution in [3.63, 3.8) is 0 Å². The maximum Gasteiger partial charge on any atom is 0.268 e. The summed E-state index contributed by atoms with van der Waals surface area (Å²) in [5, 5.41) is -0.0718. The van der Waals surface area contributed by atoms with Crippen molar-refractivity contribution in [2.75, 3.05) is 0 Å². The second kappa shape index (κ2) is 2.84. The van der Waals surface area contributed by atoms with Crippen LogP contribution in [0.15, 0.2) is 12.3 Å². The van der Waals surface area contributed by atoms with Gasteiger partial charge < -0.3 is 5.73 Å². The summed E-state index contributed by atoms with van der Waals surface area (Å²) in [5.41, 5.74) is 4.74. The third kappa shape index (κ3) is 1.65. The molecule has 0 radical (unpaired) electrons. The largest absolute Gasteiger partial charge is 0.364 e. The van der Waals surface area contributed by atoms with Crippen molar-refractivity contribution >= 4 is 17.5 Å². The smallest absolute Gasteiger partial charge is 0.268 e. The van der Waals surface area contributed by atoms with Gasteiger partial charge in [0.1, 0.15) is 11.5 Å². The highest BCUT2D eigenvalue weighted by atomic mass is 35.5. The van der Waals surface area contributed by atoms with E-state index in [9.17, 15) is 9.18 Å². The Hall–Kier alpha value is -1.16. The van der Waals surface area contributed by atoms with Crippen LogP contribution in [0.2, 0.25) is 5.02 Å². The molecule has 5 heteroatoms. The van der Waals surface area contributed by atoms with E-state index in [0.717, 1.165) is 12.3 Å². The average Bonchev–Trinajstić information content (AvgIpc) is 1.85. The number of amides is 1. The van der Waals surface area contributed by atoms with E-state index in [4.69, 9.17) is 17.3 Å². The van der Waals surface area contributed by atoms with Gasteiger partial charge in [-0.25, -0.2) is 9.37 Å². The molecule has 1 amide bonds. The molecule has 1 aromatic heterocycles. The predicted molar refractivity (Wildman–Crippen MR) is 37.7 cm³/mol. The molecule has 1 rings (SSSR count). The van der Waals surface area contributed by atoms with Crippen LogP contribution < -0.4 is 5.73 Å². The van der Waals surface area contributed by atoms with Gasteiger partial charge in [0, 0.05) is 0 Å². The highest BCUT2D eigenvalue weighted by Gasteiger charge is 2.07. The number of carbonyl (C=O) groups excluding carboxylic acids is 1. The summed E-state index contributed by atoms with van der Waals surface area (Å²) >= 11 is 5.42. The van der Waals surface area contributed by atoms with E-state index in [1.807, 2.05) is 0 Å². The Bertz CT molecular complexity index is 303. The number of halogens is 2. The number of hydrogen-bond donors (Lipinski definition) is 1. The standard InChI is InChI=1S/C6H4ClFN2O/c7-4-1-3(8)2-10-5(4)6(9)11/h1-2H,(H2,9,11). The summed E-state index contributed by atoms with van der Waals surface area (Å²) < 4.78 is 12.3. The van der Waals surface area contributed by atoms with Crippen LogP contribution in [0.1, 0.15) is 10.5 Å². The van der Waals surface area contributed by atoms with Gasteiger partial charge in [-0.1, -0.05) is 11.6 Å². The van der Waals surface area contributed by atoms with Crippen molar-refractivity contribution in [2.24, 2.45) is 5.73 Å². The van der Waals surface area contributed by atoms with Crippen LogP contribution in [0.4, 0.5) is 4.39 Å². The molecule has 11 heavy (non-hydrogen) atoms. The summed E-state index contributed by atoms with van der Waals surface area (Å²) in [4.78, 5) is 13.9. The van der Waals surface area contributed by atoms with Gasteiger partial charge in [-0.05, 0) is 6.07 Å². The zero-order valence-corrected chi connectivity index (χ0v) is 6.10. The van der Waals surface area contributed by atoms with E-state index in [-0.39, 0.29) is 10.7 Å². The third-order valence-corrected chi connectivity index (χ3v) is 1.33. The fourth-order valence-electron chi connectivity index (χ4n) is 0.596. The lowest BCUT2D eigenvalue weighted by atomic mass is 10.3. The highest BCUT2D eigenvalue weighted by molar-refractivity contribution is 6.33. The van der Waals surface area contributed by atoms with Crippen molar-refractivity contribution in [2.45, 2.75) is 0 Å². The van der Waals surface area contributed by atoms with Gasteiger partial charge in [0.2, 0.25) is 0 Å². The number of hydrogen-bond acceptors (Lipinski definition) is 2. The van der Waals surface area contributed by atoms with Crippen LogP contribution >= 0.6 is 11.6 Å². The molecule has 0 atom stereocenters. The van der Waals surface area contributed by atoms with Crippen molar-refractivity contribution in [3.05, 3.63) is 28.8 Å².